The Kier molecular flexibility index (Phi) is 4.17. The fourth-order valence-electron chi connectivity index (χ4n) is 0.835. The van der Waals surface area contributed by atoms with Crippen molar-refractivity contribution < 1.29 is 5.11 Å². The fraction of sp³-hybridized carbons (Fsp3) is 1.00. The van der Waals surface area contributed by atoms with Gasteiger partial charge in [0, 0.05) is 24.2 Å². The molecule has 0 rings (SSSR count). The first-order valence-corrected chi connectivity index (χ1v) is 4.42. The maximum atomic E-state index is 8.76. The van der Waals surface area contributed by atoms with Crippen molar-refractivity contribution in [3.8, 4) is 0 Å². The third-order valence-electron chi connectivity index (χ3n) is 1.76. The molecule has 0 bridgehead atoms. The standard InChI is InChI=1S/C9H22N2O/c1-8(2,10)7-11-9(3,4)5-6-12/h11-12H,5-7,10H2,1-4H3. The van der Waals surface area contributed by atoms with Gasteiger partial charge >= 0.3 is 0 Å². The van der Waals surface area contributed by atoms with Crippen LogP contribution in [0.25, 0.3) is 0 Å². The van der Waals surface area contributed by atoms with Gasteiger partial charge in [-0.1, -0.05) is 0 Å². The number of rotatable bonds is 5. The monoisotopic (exact) mass is 174 g/mol. The Bertz CT molecular complexity index is 127. The van der Waals surface area contributed by atoms with Crippen LogP contribution in [0.1, 0.15) is 34.1 Å². The first-order chi connectivity index (χ1) is 5.27. The van der Waals surface area contributed by atoms with E-state index in [9.17, 15) is 0 Å². The van der Waals surface area contributed by atoms with Gasteiger partial charge < -0.3 is 16.2 Å². The van der Waals surface area contributed by atoms with E-state index in [4.69, 9.17) is 10.8 Å². The Morgan fingerprint density at radius 3 is 2.08 bits per heavy atom. The van der Waals surface area contributed by atoms with Crippen LogP contribution in [0.2, 0.25) is 0 Å². The minimum Gasteiger partial charge on any atom is -0.396 e. The first kappa shape index (κ1) is 11.9. The van der Waals surface area contributed by atoms with Crippen LogP contribution in [0.4, 0.5) is 0 Å². The highest BCUT2D eigenvalue weighted by Crippen LogP contribution is 2.08. The minimum atomic E-state index is -0.188. The lowest BCUT2D eigenvalue weighted by Gasteiger charge is -2.30. The van der Waals surface area contributed by atoms with E-state index in [1.807, 2.05) is 13.8 Å². The number of hydrogen-bond donors (Lipinski definition) is 3. The molecule has 0 spiro atoms. The summed E-state index contributed by atoms with van der Waals surface area (Å²) in [4.78, 5) is 0. The van der Waals surface area contributed by atoms with Crippen LogP contribution in [0.5, 0.6) is 0 Å². The molecule has 0 aromatic rings. The van der Waals surface area contributed by atoms with Gasteiger partial charge in [0.2, 0.25) is 0 Å². The van der Waals surface area contributed by atoms with Crippen LogP contribution >= 0.6 is 0 Å². The normalized spacial score (nSPS) is 13.5. The Morgan fingerprint density at radius 2 is 1.75 bits per heavy atom. The molecular formula is C9H22N2O. The molecular weight excluding hydrogens is 152 g/mol. The molecule has 0 unspecified atom stereocenters. The predicted octanol–water partition coefficient (Wildman–Crippen LogP) is 0.474. The summed E-state index contributed by atoms with van der Waals surface area (Å²) in [6.45, 7) is 9.07. The average Bonchev–Trinajstić information content (AvgIpc) is 1.83. The summed E-state index contributed by atoms with van der Waals surface area (Å²) >= 11 is 0. The lowest BCUT2D eigenvalue weighted by atomic mass is 9.99. The molecule has 0 saturated heterocycles. The molecule has 0 aromatic carbocycles. The molecule has 0 radical (unpaired) electrons. The van der Waals surface area contributed by atoms with Crippen molar-refractivity contribution in [3.63, 3.8) is 0 Å². The number of hydrogen-bond acceptors (Lipinski definition) is 3. The highest BCUT2D eigenvalue weighted by atomic mass is 16.3. The van der Waals surface area contributed by atoms with E-state index in [1.165, 1.54) is 0 Å². The summed E-state index contributed by atoms with van der Waals surface area (Å²) in [7, 11) is 0. The molecule has 0 atom stereocenters. The van der Waals surface area contributed by atoms with Crippen molar-refractivity contribution in [1.82, 2.24) is 5.32 Å². The van der Waals surface area contributed by atoms with E-state index >= 15 is 0 Å². The molecule has 0 fully saturated rings. The van der Waals surface area contributed by atoms with Gasteiger partial charge in [-0.3, -0.25) is 0 Å². The molecule has 4 N–H and O–H groups in total. The lowest BCUT2D eigenvalue weighted by molar-refractivity contribution is 0.224. The highest BCUT2D eigenvalue weighted by Gasteiger charge is 2.19. The van der Waals surface area contributed by atoms with Crippen LogP contribution in [0.15, 0.2) is 0 Å². The lowest BCUT2D eigenvalue weighted by Crippen LogP contribution is -2.50. The summed E-state index contributed by atoms with van der Waals surface area (Å²) in [5.74, 6) is 0. The van der Waals surface area contributed by atoms with Gasteiger partial charge in [-0.05, 0) is 34.1 Å². The van der Waals surface area contributed by atoms with Crippen LogP contribution in [-0.4, -0.2) is 29.3 Å². The second-order valence-electron chi connectivity index (χ2n) is 4.70. The summed E-state index contributed by atoms with van der Waals surface area (Å²) in [6.07, 6.45) is 0.753. The van der Waals surface area contributed by atoms with Crippen molar-refractivity contribution in [2.75, 3.05) is 13.2 Å². The van der Waals surface area contributed by atoms with Gasteiger partial charge in [0.25, 0.3) is 0 Å². The molecule has 0 saturated carbocycles. The van der Waals surface area contributed by atoms with E-state index in [-0.39, 0.29) is 17.7 Å². The molecule has 0 heterocycles. The van der Waals surface area contributed by atoms with Crippen LogP contribution < -0.4 is 11.1 Å². The topological polar surface area (TPSA) is 58.3 Å². The van der Waals surface area contributed by atoms with E-state index in [0.29, 0.717) is 0 Å². The van der Waals surface area contributed by atoms with E-state index in [2.05, 4.69) is 19.2 Å². The Hall–Kier alpha value is -0.120. The van der Waals surface area contributed by atoms with Gasteiger partial charge in [-0.15, -0.1) is 0 Å². The average molecular weight is 174 g/mol. The SMILES string of the molecule is CC(C)(N)CNC(C)(C)CCO. The van der Waals surface area contributed by atoms with E-state index < -0.39 is 0 Å². The number of aliphatic hydroxyl groups is 1. The Morgan fingerprint density at radius 1 is 1.25 bits per heavy atom. The number of nitrogens with two attached hydrogens (primary N) is 1. The predicted molar refractivity (Wildman–Crippen MR) is 52.1 cm³/mol. The second kappa shape index (κ2) is 4.21. The zero-order valence-corrected chi connectivity index (χ0v) is 8.65. The third-order valence-corrected chi connectivity index (χ3v) is 1.76. The van der Waals surface area contributed by atoms with Gasteiger partial charge in [0.15, 0.2) is 0 Å². The maximum Gasteiger partial charge on any atom is 0.0448 e. The largest absolute Gasteiger partial charge is 0.396 e. The highest BCUT2D eigenvalue weighted by molar-refractivity contribution is 4.83. The van der Waals surface area contributed by atoms with Crippen LogP contribution in [-0.2, 0) is 0 Å². The summed E-state index contributed by atoms with van der Waals surface area (Å²) in [5, 5.41) is 12.1. The Labute approximate surface area is 75.3 Å². The van der Waals surface area contributed by atoms with Crippen molar-refractivity contribution in [2.24, 2.45) is 5.73 Å². The maximum absolute atomic E-state index is 8.76. The molecule has 0 amide bonds. The Balaban J connectivity index is 3.75. The molecule has 12 heavy (non-hydrogen) atoms. The minimum absolute atomic E-state index is 0.0224. The van der Waals surface area contributed by atoms with Crippen LogP contribution in [0.3, 0.4) is 0 Å². The van der Waals surface area contributed by atoms with Crippen molar-refractivity contribution in [1.29, 1.82) is 0 Å². The second-order valence-corrected chi connectivity index (χ2v) is 4.70. The van der Waals surface area contributed by atoms with Crippen molar-refractivity contribution in [3.05, 3.63) is 0 Å². The number of aliphatic hydroxyl groups excluding tert-OH is 1. The molecule has 0 aromatic heterocycles. The quantitative estimate of drug-likeness (QED) is 0.568. The molecule has 74 valence electrons. The van der Waals surface area contributed by atoms with Gasteiger partial charge in [-0.25, -0.2) is 0 Å². The van der Waals surface area contributed by atoms with E-state index in [0.717, 1.165) is 13.0 Å². The third kappa shape index (κ3) is 6.58. The zero-order valence-electron chi connectivity index (χ0n) is 8.65. The summed E-state index contributed by atoms with van der Waals surface area (Å²) in [5.41, 5.74) is 5.60. The first-order valence-electron chi connectivity index (χ1n) is 4.42. The summed E-state index contributed by atoms with van der Waals surface area (Å²) in [6, 6.07) is 0. The molecule has 0 aliphatic rings. The molecule has 3 nitrogen and oxygen atoms in total. The smallest absolute Gasteiger partial charge is 0.0448 e. The van der Waals surface area contributed by atoms with Crippen molar-refractivity contribution >= 4 is 0 Å². The summed E-state index contributed by atoms with van der Waals surface area (Å²) < 4.78 is 0. The zero-order chi connectivity index (χ0) is 9.83. The number of nitrogens with one attached hydrogen (secondary N) is 1. The molecule has 0 aliphatic carbocycles. The van der Waals surface area contributed by atoms with Gasteiger partial charge in [-0.2, -0.15) is 0 Å². The fourth-order valence-corrected chi connectivity index (χ4v) is 0.835. The molecule has 0 aliphatic heterocycles. The van der Waals surface area contributed by atoms with Crippen LogP contribution in [0, 0.1) is 0 Å². The molecule has 3 heteroatoms. The van der Waals surface area contributed by atoms with Gasteiger partial charge in [0.05, 0.1) is 0 Å². The van der Waals surface area contributed by atoms with Gasteiger partial charge in [0.1, 0.15) is 0 Å². The van der Waals surface area contributed by atoms with Crippen molar-refractivity contribution in [2.45, 2.75) is 45.2 Å². The van der Waals surface area contributed by atoms with E-state index in [1.54, 1.807) is 0 Å².